The molecule has 3 rings (SSSR count). The molecule has 0 fully saturated rings. The van der Waals surface area contributed by atoms with Crippen LogP contribution in [0.5, 0.6) is 0 Å². The second-order valence-corrected chi connectivity index (χ2v) is 6.23. The van der Waals surface area contributed by atoms with E-state index in [-0.39, 0.29) is 0 Å². The molecule has 0 spiro atoms. The fourth-order valence-corrected chi connectivity index (χ4v) is 3.66. The fraction of sp³-hybridized carbons (Fsp3) is 0.250. The van der Waals surface area contributed by atoms with Crippen LogP contribution in [0.1, 0.15) is 37.5 Å². The van der Waals surface area contributed by atoms with Crippen LogP contribution in [-0.2, 0) is 19.3 Å². The van der Waals surface area contributed by atoms with Gasteiger partial charge in [-0.1, -0.05) is 87.5 Å². The smallest absolute Gasteiger partial charge is 0.0149 e. The van der Waals surface area contributed by atoms with Crippen molar-refractivity contribution in [2.45, 2.75) is 40.0 Å². The fourth-order valence-electron chi connectivity index (χ4n) is 3.66. The highest BCUT2D eigenvalue weighted by atomic mass is 14.2. The highest BCUT2D eigenvalue weighted by Gasteiger charge is 2.11. The minimum atomic E-state index is 1.09. The van der Waals surface area contributed by atoms with Gasteiger partial charge in [-0.3, -0.25) is 0 Å². The predicted octanol–water partition coefficient (Wildman–Crippen LogP) is 6.71. The van der Waals surface area contributed by atoms with Crippen LogP contribution in [0.15, 0.2) is 66.7 Å². The van der Waals surface area contributed by atoms with Gasteiger partial charge >= 0.3 is 0 Å². The molecule has 0 aromatic heterocycles. The van der Waals surface area contributed by atoms with Crippen molar-refractivity contribution in [2.24, 2.45) is 0 Å². The van der Waals surface area contributed by atoms with Crippen molar-refractivity contribution in [1.29, 1.82) is 0 Å². The normalized spacial score (nSPS) is 10.8. The maximum atomic E-state index is 2.32. The SMILES string of the molecule is CCc1ccc(-c2ccc(-c3ccccc3)cc2)c(CC)c1CC. The van der Waals surface area contributed by atoms with Crippen LogP contribution in [0, 0.1) is 0 Å². The van der Waals surface area contributed by atoms with Crippen LogP contribution in [0.25, 0.3) is 22.3 Å². The van der Waals surface area contributed by atoms with Crippen LogP contribution in [-0.4, -0.2) is 0 Å². The summed E-state index contributed by atoms with van der Waals surface area (Å²) in [5, 5.41) is 0. The molecule has 0 nitrogen and oxygen atoms in total. The zero-order valence-corrected chi connectivity index (χ0v) is 15.0. The Balaban J connectivity index is 2.03. The number of rotatable bonds is 5. The van der Waals surface area contributed by atoms with E-state index in [2.05, 4.69) is 87.5 Å². The van der Waals surface area contributed by atoms with Gasteiger partial charge in [0.25, 0.3) is 0 Å². The van der Waals surface area contributed by atoms with Gasteiger partial charge in [-0.15, -0.1) is 0 Å². The Morgan fingerprint density at radius 3 is 1.67 bits per heavy atom. The Morgan fingerprint density at radius 1 is 0.500 bits per heavy atom. The van der Waals surface area contributed by atoms with Crippen molar-refractivity contribution in [2.75, 3.05) is 0 Å². The lowest BCUT2D eigenvalue weighted by Gasteiger charge is -2.17. The Kier molecular flexibility index (Phi) is 5.15. The van der Waals surface area contributed by atoms with Crippen LogP contribution < -0.4 is 0 Å². The Hall–Kier alpha value is -2.34. The third-order valence-electron chi connectivity index (χ3n) is 4.92. The monoisotopic (exact) mass is 314 g/mol. The average molecular weight is 314 g/mol. The first kappa shape index (κ1) is 16.5. The molecule has 0 amide bonds. The van der Waals surface area contributed by atoms with Crippen molar-refractivity contribution < 1.29 is 0 Å². The molecule has 0 radical (unpaired) electrons. The van der Waals surface area contributed by atoms with Crippen LogP contribution in [0.4, 0.5) is 0 Å². The lowest BCUT2D eigenvalue weighted by atomic mass is 9.88. The van der Waals surface area contributed by atoms with Gasteiger partial charge in [0.1, 0.15) is 0 Å². The number of hydrogen-bond donors (Lipinski definition) is 0. The summed E-state index contributed by atoms with van der Waals surface area (Å²) >= 11 is 0. The standard InChI is InChI=1S/C24H26/c1-4-18-16-17-24(23(6-3)22(18)5-2)21-14-12-20(13-15-21)19-10-8-7-9-11-19/h7-17H,4-6H2,1-3H3. The van der Waals surface area contributed by atoms with Gasteiger partial charge in [0.2, 0.25) is 0 Å². The molecule has 0 aliphatic carbocycles. The summed E-state index contributed by atoms with van der Waals surface area (Å²) in [5.74, 6) is 0. The van der Waals surface area contributed by atoms with Crippen molar-refractivity contribution in [3.05, 3.63) is 83.4 Å². The zero-order chi connectivity index (χ0) is 16.9. The highest BCUT2D eigenvalue weighted by Crippen LogP contribution is 2.31. The lowest BCUT2D eigenvalue weighted by Crippen LogP contribution is -2.00. The first-order valence-electron chi connectivity index (χ1n) is 9.07. The quantitative estimate of drug-likeness (QED) is 0.491. The van der Waals surface area contributed by atoms with Gasteiger partial charge < -0.3 is 0 Å². The van der Waals surface area contributed by atoms with E-state index in [1.54, 1.807) is 5.56 Å². The summed E-state index contributed by atoms with van der Waals surface area (Å²) in [5.41, 5.74) is 9.83. The second kappa shape index (κ2) is 7.49. The molecule has 0 saturated carbocycles. The zero-order valence-electron chi connectivity index (χ0n) is 15.0. The van der Waals surface area contributed by atoms with Gasteiger partial charge in [0.15, 0.2) is 0 Å². The van der Waals surface area contributed by atoms with E-state index in [0.717, 1.165) is 19.3 Å². The largest absolute Gasteiger partial charge is 0.0622 e. The van der Waals surface area contributed by atoms with Gasteiger partial charge in [-0.25, -0.2) is 0 Å². The number of benzene rings is 3. The molecule has 24 heavy (non-hydrogen) atoms. The maximum Gasteiger partial charge on any atom is -0.0149 e. The first-order chi connectivity index (χ1) is 11.8. The Morgan fingerprint density at radius 2 is 1.08 bits per heavy atom. The molecule has 0 heterocycles. The lowest BCUT2D eigenvalue weighted by molar-refractivity contribution is 0.983. The van der Waals surface area contributed by atoms with Crippen LogP contribution in [0.3, 0.4) is 0 Å². The van der Waals surface area contributed by atoms with Crippen LogP contribution in [0.2, 0.25) is 0 Å². The minimum Gasteiger partial charge on any atom is -0.0622 e. The molecule has 3 aromatic rings. The second-order valence-electron chi connectivity index (χ2n) is 6.23. The number of hydrogen-bond acceptors (Lipinski definition) is 0. The average Bonchev–Trinajstić information content (AvgIpc) is 2.67. The molecule has 0 unspecified atom stereocenters. The van der Waals surface area contributed by atoms with E-state index >= 15 is 0 Å². The van der Waals surface area contributed by atoms with E-state index in [4.69, 9.17) is 0 Å². The predicted molar refractivity (Wildman–Crippen MR) is 105 cm³/mol. The molecular weight excluding hydrogens is 288 g/mol. The van der Waals surface area contributed by atoms with Crippen LogP contribution >= 0.6 is 0 Å². The molecule has 0 bridgehead atoms. The van der Waals surface area contributed by atoms with Gasteiger partial charge in [0, 0.05) is 0 Å². The van der Waals surface area contributed by atoms with Crippen molar-refractivity contribution in [3.8, 4) is 22.3 Å². The molecule has 0 aliphatic rings. The Bertz CT molecular complexity index is 795. The molecule has 3 aromatic carbocycles. The summed E-state index contributed by atoms with van der Waals surface area (Å²) in [4.78, 5) is 0. The van der Waals surface area contributed by atoms with Gasteiger partial charge in [0.05, 0.1) is 0 Å². The third kappa shape index (κ3) is 3.14. The summed E-state index contributed by atoms with van der Waals surface area (Å²) in [6, 6.07) is 24.2. The van der Waals surface area contributed by atoms with Crippen molar-refractivity contribution >= 4 is 0 Å². The van der Waals surface area contributed by atoms with E-state index in [1.807, 2.05) is 0 Å². The van der Waals surface area contributed by atoms with Gasteiger partial charge in [-0.2, -0.15) is 0 Å². The summed E-state index contributed by atoms with van der Waals surface area (Å²) in [6.45, 7) is 6.80. The van der Waals surface area contributed by atoms with E-state index in [0.29, 0.717) is 0 Å². The van der Waals surface area contributed by atoms with Gasteiger partial charge in [-0.05, 0) is 58.2 Å². The molecule has 0 saturated heterocycles. The summed E-state index contributed by atoms with van der Waals surface area (Å²) < 4.78 is 0. The highest BCUT2D eigenvalue weighted by molar-refractivity contribution is 5.73. The third-order valence-corrected chi connectivity index (χ3v) is 4.92. The molecule has 0 atom stereocenters. The van der Waals surface area contributed by atoms with Crippen molar-refractivity contribution in [1.82, 2.24) is 0 Å². The molecular formula is C24H26. The topological polar surface area (TPSA) is 0 Å². The first-order valence-corrected chi connectivity index (χ1v) is 9.07. The molecule has 122 valence electrons. The summed E-state index contributed by atoms with van der Waals surface area (Å²) in [6.07, 6.45) is 3.32. The Labute approximate surface area is 146 Å². The van der Waals surface area contributed by atoms with E-state index in [1.165, 1.54) is 33.4 Å². The number of aryl methyl sites for hydroxylation is 1. The van der Waals surface area contributed by atoms with E-state index in [9.17, 15) is 0 Å². The molecule has 0 N–H and O–H groups in total. The maximum absolute atomic E-state index is 2.32. The van der Waals surface area contributed by atoms with Crippen molar-refractivity contribution in [3.63, 3.8) is 0 Å². The molecule has 0 heteroatoms. The molecule has 0 aliphatic heterocycles. The summed E-state index contributed by atoms with van der Waals surface area (Å²) in [7, 11) is 0. The van der Waals surface area contributed by atoms with E-state index < -0.39 is 0 Å². The minimum absolute atomic E-state index is 1.09.